The third-order valence-corrected chi connectivity index (χ3v) is 3.87. The van der Waals surface area contributed by atoms with Crippen molar-refractivity contribution < 1.29 is 4.42 Å². The quantitative estimate of drug-likeness (QED) is 0.773. The van der Waals surface area contributed by atoms with E-state index >= 15 is 0 Å². The lowest BCUT2D eigenvalue weighted by molar-refractivity contribution is 0.521. The highest BCUT2D eigenvalue weighted by atomic mass is 35.5. The van der Waals surface area contributed by atoms with Crippen LogP contribution in [0.2, 0.25) is 5.02 Å². The Morgan fingerprint density at radius 3 is 2.94 bits per heavy atom. The molecular formula is C13H11ClN2OS. The fraction of sp³-hybridized carbons (Fsp3) is 0.154. The van der Waals surface area contributed by atoms with Crippen molar-refractivity contribution in [1.82, 2.24) is 4.98 Å². The first kappa shape index (κ1) is 11.7. The first-order chi connectivity index (χ1) is 8.65. The van der Waals surface area contributed by atoms with Gasteiger partial charge in [0.2, 0.25) is 0 Å². The summed E-state index contributed by atoms with van der Waals surface area (Å²) in [5.74, 6) is 0.684. The van der Waals surface area contributed by atoms with Crippen LogP contribution in [0.15, 0.2) is 34.1 Å². The Kier molecular flexibility index (Phi) is 2.86. The summed E-state index contributed by atoms with van der Waals surface area (Å²) in [5.41, 5.74) is 7.65. The van der Waals surface area contributed by atoms with Gasteiger partial charge >= 0.3 is 0 Å². The highest BCUT2D eigenvalue weighted by Gasteiger charge is 2.17. The number of hydrogen-bond acceptors (Lipinski definition) is 4. The third kappa shape index (κ3) is 1.92. The maximum absolute atomic E-state index is 6.15. The minimum atomic E-state index is -0.349. The monoisotopic (exact) mass is 278 g/mol. The summed E-state index contributed by atoms with van der Waals surface area (Å²) in [7, 11) is 0. The smallest absolute Gasteiger partial charge is 0.152 e. The summed E-state index contributed by atoms with van der Waals surface area (Å²) in [6.07, 6.45) is 0. The Morgan fingerprint density at radius 1 is 1.44 bits per heavy atom. The predicted octanol–water partition coefficient (Wildman–Crippen LogP) is 3.90. The Bertz CT molecular complexity index is 704. The minimum absolute atomic E-state index is 0.349. The number of hydrogen-bond donors (Lipinski definition) is 1. The number of thiazole rings is 1. The Morgan fingerprint density at radius 2 is 2.28 bits per heavy atom. The summed E-state index contributed by atoms with van der Waals surface area (Å²) in [6.45, 7) is 1.95. The third-order valence-electron chi connectivity index (χ3n) is 2.78. The number of aromatic nitrogens is 1. The number of nitrogens with two attached hydrogens (primary N) is 1. The standard InChI is InChI=1S/C13H11ClN2OS/c1-7-16-10(6-18-7)12(15)11-5-8-3-2-4-9(14)13(8)17-11/h2-6,12H,15H2,1H3. The summed E-state index contributed by atoms with van der Waals surface area (Å²) < 4.78 is 5.73. The van der Waals surface area contributed by atoms with E-state index in [1.54, 1.807) is 17.4 Å². The van der Waals surface area contributed by atoms with Gasteiger partial charge in [-0.05, 0) is 19.1 Å². The Hall–Kier alpha value is -1.36. The van der Waals surface area contributed by atoms with E-state index < -0.39 is 0 Å². The molecule has 2 N–H and O–H groups in total. The molecule has 1 aromatic carbocycles. The van der Waals surface area contributed by atoms with E-state index in [9.17, 15) is 0 Å². The largest absolute Gasteiger partial charge is 0.457 e. The lowest BCUT2D eigenvalue weighted by atomic mass is 10.1. The van der Waals surface area contributed by atoms with Crippen molar-refractivity contribution in [3.63, 3.8) is 0 Å². The van der Waals surface area contributed by atoms with Gasteiger partial charge in [0, 0.05) is 10.8 Å². The molecule has 0 radical (unpaired) electrons. The zero-order valence-electron chi connectivity index (χ0n) is 9.68. The molecule has 0 saturated heterocycles. The number of aryl methyl sites for hydroxylation is 1. The van der Waals surface area contributed by atoms with Gasteiger partial charge in [-0.15, -0.1) is 11.3 Å². The van der Waals surface area contributed by atoms with Gasteiger partial charge in [-0.1, -0.05) is 23.7 Å². The van der Waals surface area contributed by atoms with Crippen LogP contribution in [0.1, 0.15) is 22.5 Å². The van der Waals surface area contributed by atoms with Crippen molar-refractivity contribution in [3.05, 3.63) is 51.1 Å². The second kappa shape index (κ2) is 4.39. The van der Waals surface area contributed by atoms with Gasteiger partial charge in [0.15, 0.2) is 5.58 Å². The molecule has 0 spiro atoms. The number of furan rings is 1. The van der Waals surface area contributed by atoms with Crippen molar-refractivity contribution in [2.45, 2.75) is 13.0 Å². The molecule has 0 aliphatic rings. The van der Waals surface area contributed by atoms with Crippen LogP contribution in [0.5, 0.6) is 0 Å². The van der Waals surface area contributed by atoms with E-state index in [1.807, 2.05) is 30.5 Å². The van der Waals surface area contributed by atoms with Gasteiger partial charge in [-0.3, -0.25) is 0 Å². The van der Waals surface area contributed by atoms with Gasteiger partial charge < -0.3 is 10.2 Å². The lowest BCUT2D eigenvalue weighted by Crippen LogP contribution is -2.11. The van der Waals surface area contributed by atoms with Gasteiger partial charge in [0.25, 0.3) is 0 Å². The van der Waals surface area contributed by atoms with Gasteiger partial charge in [0.05, 0.1) is 15.7 Å². The maximum atomic E-state index is 6.15. The van der Waals surface area contributed by atoms with E-state index in [4.69, 9.17) is 21.8 Å². The number of benzene rings is 1. The number of nitrogens with zero attached hydrogens (tertiary/aromatic N) is 1. The Balaban J connectivity index is 2.06. The maximum Gasteiger partial charge on any atom is 0.152 e. The number of rotatable bonds is 2. The molecule has 1 atom stereocenters. The molecule has 0 aliphatic heterocycles. The second-order valence-electron chi connectivity index (χ2n) is 4.08. The molecule has 92 valence electrons. The molecule has 0 aliphatic carbocycles. The van der Waals surface area contributed by atoms with Crippen LogP contribution >= 0.6 is 22.9 Å². The van der Waals surface area contributed by atoms with Crippen LogP contribution in [-0.2, 0) is 0 Å². The molecule has 1 unspecified atom stereocenters. The van der Waals surface area contributed by atoms with Crippen molar-refractivity contribution in [2.75, 3.05) is 0 Å². The molecule has 3 nitrogen and oxygen atoms in total. The molecule has 18 heavy (non-hydrogen) atoms. The molecule has 5 heteroatoms. The fourth-order valence-corrected chi connectivity index (χ4v) is 2.74. The molecule has 3 aromatic rings. The van der Waals surface area contributed by atoms with Gasteiger partial charge in [-0.25, -0.2) is 4.98 Å². The molecule has 0 fully saturated rings. The minimum Gasteiger partial charge on any atom is -0.457 e. The predicted molar refractivity (Wildman–Crippen MR) is 74.1 cm³/mol. The van der Waals surface area contributed by atoms with E-state index in [0.717, 1.165) is 16.1 Å². The molecule has 0 bridgehead atoms. The average Bonchev–Trinajstić information content (AvgIpc) is 2.95. The molecule has 2 aromatic heterocycles. The first-order valence-corrected chi connectivity index (χ1v) is 6.76. The number of para-hydroxylation sites is 1. The van der Waals surface area contributed by atoms with E-state index in [0.29, 0.717) is 16.4 Å². The second-order valence-corrected chi connectivity index (χ2v) is 5.55. The van der Waals surface area contributed by atoms with Crippen molar-refractivity contribution in [3.8, 4) is 0 Å². The van der Waals surface area contributed by atoms with Crippen LogP contribution in [0, 0.1) is 6.92 Å². The normalized spacial score (nSPS) is 13.1. The van der Waals surface area contributed by atoms with Crippen molar-refractivity contribution >= 4 is 33.9 Å². The summed E-state index contributed by atoms with van der Waals surface area (Å²) in [4.78, 5) is 4.38. The summed E-state index contributed by atoms with van der Waals surface area (Å²) in [6, 6.07) is 7.21. The fourth-order valence-electron chi connectivity index (χ4n) is 1.87. The highest BCUT2D eigenvalue weighted by molar-refractivity contribution is 7.09. The van der Waals surface area contributed by atoms with Gasteiger partial charge in [0.1, 0.15) is 11.8 Å². The molecule has 0 amide bonds. The van der Waals surface area contributed by atoms with Crippen molar-refractivity contribution in [1.29, 1.82) is 0 Å². The van der Waals surface area contributed by atoms with E-state index in [2.05, 4.69) is 4.98 Å². The number of halogens is 1. The SMILES string of the molecule is Cc1nc(C(N)c2cc3cccc(Cl)c3o2)cs1. The lowest BCUT2D eigenvalue weighted by Gasteiger charge is -2.03. The number of fused-ring (bicyclic) bond motifs is 1. The summed E-state index contributed by atoms with van der Waals surface area (Å²) >= 11 is 7.66. The molecule has 3 rings (SSSR count). The first-order valence-electron chi connectivity index (χ1n) is 5.50. The van der Waals surface area contributed by atoms with Crippen LogP contribution in [0.4, 0.5) is 0 Å². The van der Waals surface area contributed by atoms with Crippen LogP contribution < -0.4 is 5.73 Å². The topological polar surface area (TPSA) is 52.0 Å². The van der Waals surface area contributed by atoms with Crippen molar-refractivity contribution in [2.24, 2.45) is 5.73 Å². The average molecular weight is 279 g/mol. The zero-order valence-corrected chi connectivity index (χ0v) is 11.3. The van der Waals surface area contributed by atoms with Crippen LogP contribution in [0.25, 0.3) is 11.0 Å². The molecule has 0 saturated carbocycles. The zero-order chi connectivity index (χ0) is 12.7. The highest BCUT2D eigenvalue weighted by Crippen LogP contribution is 2.31. The molecular weight excluding hydrogens is 268 g/mol. The van der Waals surface area contributed by atoms with E-state index in [-0.39, 0.29) is 6.04 Å². The Labute approximate surface area is 113 Å². The summed E-state index contributed by atoms with van der Waals surface area (Å²) in [5, 5.41) is 4.50. The molecule has 2 heterocycles. The van der Waals surface area contributed by atoms with Crippen LogP contribution in [0.3, 0.4) is 0 Å². The van der Waals surface area contributed by atoms with E-state index in [1.165, 1.54) is 0 Å². The van der Waals surface area contributed by atoms with Crippen LogP contribution in [-0.4, -0.2) is 4.98 Å². The van der Waals surface area contributed by atoms with Gasteiger partial charge in [-0.2, -0.15) is 0 Å².